The monoisotopic (exact) mass is 1170 g/mol. The zero-order valence-electron chi connectivity index (χ0n) is 50.5. The maximum atomic E-state index is 2.48. The van der Waals surface area contributed by atoms with E-state index in [4.69, 9.17) is 0 Å². The van der Waals surface area contributed by atoms with Crippen LogP contribution in [-0.4, -0.2) is 0 Å². The molecule has 0 aliphatic carbocycles. The molecule has 430 valence electrons. The summed E-state index contributed by atoms with van der Waals surface area (Å²) in [5, 5.41) is 14.6. The third kappa shape index (κ3) is 9.44. The maximum Gasteiger partial charge on any atom is 0.0540 e. The third-order valence-electron chi connectivity index (χ3n) is 18.6. The second-order valence-corrected chi connectivity index (χ2v) is 23.8. The molecule has 0 radical (unpaired) electrons. The van der Waals surface area contributed by atoms with Gasteiger partial charge in [0.05, 0.1) is 22.7 Å². The Kier molecular flexibility index (Phi) is 13.6. The Balaban J connectivity index is 0.787. The lowest BCUT2D eigenvalue weighted by Crippen LogP contribution is -2.12. The fraction of sp³-hybridized carbons (Fsp3) is 0. The van der Waals surface area contributed by atoms with Gasteiger partial charge in [-0.05, 0) is 176 Å². The zero-order chi connectivity index (χ0) is 60.9. The summed E-state index contributed by atoms with van der Waals surface area (Å²) < 4.78 is 0. The van der Waals surface area contributed by atoms with Crippen LogP contribution in [0.1, 0.15) is 0 Å². The zero-order valence-corrected chi connectivity index (χ0v) is 50.5. The van der Waals surface area contributed by atoms with Crippen LogP contribution in [0.5, 0.6) is 0 Å². The third-order valence-corrected chi connectivity index (χ3v) is 18.6. The minimum Gasteiger partial charge on any atom is -0.309 e. The Hall–Kier alpha value is -12.1. The minimum atomic E-state index is 1.07. The van der Waals surface area contributed by atoms with Crippen LogP contribution >= 0.6 is 0 Å². The van der Waals surface area contributed by atoms with Gasteiger partial charge in [0.15, 0.2) is 0 Å². The molecule has 0 spiro atoms. The molecule has 17 aromatic carbocycles. The first kappa shape index (κ1) is 54.1. The Bertz CT molecular complexity index is 5650. The van der Waals surface area contributed by atoms with Gasteiger partial charge < -0.3 is 9.80 Å². The molecule has 17 aromatic rings. The summed E-state index contributed by atoms with van der Waals surface area (Å²) in [6, 6.07) is 134. The summed E-state index contributed by atoms with van der Waals surface area (Å²) in [5.41, 5.74) is 20.6. The van der Waals surface area contributed by atoms with Crippen LogP contribution in [0.15, 0.2) is 364 Å². The van der Waals surface area contributed by atoms with Crippen LogP contribution < -0.4 is 9.80 Å². The van der Waals surface area contributed by atoms with Crippen molar-refractivity contribution in [3.63, 3.8) is 0 Å². The predicted molar refractivity (Wildman–Crippen MR) is 393 cm³/mol. The lowest BCUT2D eigenvalue weighted by atomic mass is 9.89. The van der Waals surface area contributed by atoms with Crippen molar-refractivity contribution in [1.29, 1.82) is 0 Å². The van der Waals surface area contributed by atoms with Crippen molar-refractivity contribution in [2.45, 2.75) is 0 Å². The Morgan fingerprint density at radius 2 is 0.457 bits per heavy atom. The fourth-order valence-corrected chi connectivity index (χ4v) is 14.4. The van der Waals surface area contributed by atoms with E-state index < -0.39 is 0 Å². The van der Waals surface area contributed by atoms with Crippen LogP contribution in [-0.2, 0) is 0 Å². The van der Waals surface area contributed by atoms with Crippen LogP contribution in [0.3, 0.4) is 0 Å². The molecule has 0 saturated carbocycles. The number of nitrogens with zero attached hydrogens (tertiary/aromatic N) is 2. The molecule has 0 atom stereocenters. The highest BCUT2D eigenvalue weighted by Crippen LogP contribution is 2.51. The van der Waals surface area contributed by atoms with Gasteiger partial charge in [0.2, 0.25) is 0 Å². The van der Waals surface area contributed by atoms with Gasteiger partial charge in [0.25, 0.3) is 0 Å². The molecule has 17 rings (SSSR count). The van der Waals surface area contributed by atoms with Crippen LogP contribution in [0.4, 0.5) is 34.1 Å². The standard InChI is InChI=1S/C90H60N2/c1-3-26-61(27-4-1)62-50-53-68(54-51-62)92(90-49-24-20-44-84(90)86-60-65-29-8-10-34-70(65)74-36-13-16-40-79(74)86)87-46-21-17-41-81(87)76-45-25-30-63-58-66(52-55-71(63)76)72-56-57-80(77-38-14-11-37-75(72)77)82-42-18-22-47-88(82)91(67-31-5-2-6-32-67)89-48-23-19-43-83(89)85-59-64-28-7-9-33-69(64)73-35-12-15-39-78(73)85/h1-60H. The van der Waals surface area contributed by atoms with Crippen molar-refractivity contribution in [3.8, 4) is 66.8 Å². The number of anilines is 6. The van der Waals surface area contributed by atoms with Crippen LogP contribution in [0.25, 0.3) is 131 Å². The first-order valence-corrected chi connectivity index (χ1v) is 31.7. The molecular formula is C90H60N2. The van der Waals surface area contributed by atoms with Gasteiger partial charge in [-0.1, -0.05) is 297 Å². The highest BCUT2D eigenvalue weighted by Gasteiger charge is 2.25. The first-order chi connectivity index (χ1) is 45.7. The van der Waals surface area contributed by atoms with E-state index in [0.717, 1.165) is 56.4 Å². The molecule has 0 N–H and O–H groups in total. The highest BCUT2D eigenvalue weighted by atomic mass is 15.2. The summed E-state index contributed by atoms with van der Waals surface area (Å²) in [4.78, 5) is 4.94. The van der Waals surface area contributed by atoms with Gasteiger partial charge in [0, 0.05) is 33.6 Å². The molecule has 92 heavy (non-hydrogen) atoms. The van der Waals surface area contributed by atoms with Crippen LogP contribution in [0.2, 0.25) is 0 Å². The molecule has 0 aliphatic heterocycles. The summed E-state index contributed by atoms with van der Waals surface area (Å²) in [5.74, 6) is 0. The molecular weight excluding hydrogens is 1110 g/mol. The van der Waals surface area contributed by atoms with Gasteiger partial charge >= 0.3 is 0 Å². The fourth-order valence-electron chi connectivity index (χ4n) is 14.4. The van der Waals surface area contributed by atoms with E-state index in [0.29, 0.717) is 0 Å². The number of hydrogen-bond acceptors (Lipinski definition) is 2. The average molecular weight is 1170 g/mol. The molecule has 0 fully saturated rings. The van der Waals surface area contributed by atoms with E-state index in [1.165, 1.54) is 109 Å². The topological polar surface area (TPSA) is 6.48 Å². The quantitative estimate of drug-likeness (QED) is 0.113. The minimum absolute atomic E-state index is 1.07. The largest absolute Gasteiger partial charge is 0.309 e. The van der Waals surface area contributed by atoms with Crippen molar-refractivity contribution in [2.24, 2.45) is 0 Å². The van der Waals surface area contributed by atoms with E-state index in [1.54, 1.807) is 0 Å². The van der Waals surface area contributed by atoms with E-state index in [-0.39, 0.29) is 0 Å². The van der Waals surface area contributed by atoms with Crippen molar-refractivity contribution in [2.75, 3.05) is 9.80 Å². The van der Waals surface area contributed by atoms with Gasteiger partial charge in [-0.15, -0.1) is 0 Å². The molecule has 2 heteroatoms. The average Bonchev–Trinajstić information content (AvgIpc) is 0.795. The van der Waals surface area contributed by atoms with Crippen molar-refractivity contribution in [3.05, 3.63) is 364 Å². The second-order valence-electron chi connectivity index (χ2n) is 23.8. The lowest BCUT2D eigenvalue weighted by Gasteiger charge is -2.30. The smallest absolute Gasteiger partial charge is 0.0540 e. The number of rotatable bonds is 12. The van der Waals surface area contributed by atoms with Crippen molar-refractivity contribution < 1.29 is 0 Å². The van der Waals surface area contributed by atoms with E-state index in [2.05, 4.69) is 374 Å². The normalized spacial score (nSPS) is 11.5. The molecule has 0 amide bonds. The van der Waals surface area contributed by atoms with Gasteiger partial charge in [-0.25, -0.2) is 0 Å². The SMILES string of the molecule is c1ccc(-c2ccc(N(c3ccccc3-c3cccc4cc(-c5ccc(-c6ccccc6N(c6ccccc6)c6ccccc6-c6cc7ccccc7c7ccccc67)c6ccccc56)ccc34)c3ccccc3-c3cc4ccccc4c4ccccc34)cc2)cc1. The molecule has 0 bridgehead atoms. The number of para-hydroxylation sites is 5. The number of benzene rings is 17. The Morgan fingerprint density at radius 1 is 0.141 bits per heavy atom. The van der Waals surface area contributed by atoms with E-state index in [9.17, 15) is 0 Å². The van der Waals surface area contributed by atoms with Crippen molar-refractivity contribution in [1.82, 2.24) is 0 Å². The van der Waals surface area contributed by atoms with Gasteiger partial charge in [-0.3, -0.25) is 0 Å². The van der Waals surface area contributed by atoms with E-state index >= 15 is 0 Å². The molecule has 0 aliphatic rings. The first-order valence-electron chi connectivity index (χ1n) is 31.7. The second kappa shape index (κ2) is 23.1. The molecule has 0 aromatic heterocycles. The number of hydrogen-bond donors (Lipinski definition) is 0. The number of fused-ring (bicyclic) bond motifs is 8. The summed E-state index contributed by atoms with van der Waals surface area (Å²) in [6.07, 6.45) is 0. The van der Waals surface area contributed by atoms with Crippen molar-refractivity contribution >= 4 is 98.8 Å². The predicted octanol–water partition coefficient (Wildman–Crippen LogP) is 25.5. The summed E-state index contributed by atoms with van der Waals surface area (Å²) >= 11 is 0. The molecule has 0 saturated heterocycles. The van der Waals surface area contributed by atoms with Gasteiger partial charge in [0.1, 0.15) is 0 Å². The maximum absolute atomic E-state index is 2.48. The van der Waals surface area contributed by atoms with E-state index in [1.807, 2.05) is 0 Å². The van der Waals surface area contributed by atoms with Crippen LogP contribution in [0, 0.1) is 0 Å². The Labute approximate surface area is 536 Å². The molecule has 0 unspecified atom stereocenters. The van der Waals surface area contributed by atoms with Gasteiger partial charge in [-0.2, -0.15) is 0 Å². The summed E-state index contributed by atoms with van der Waals surface area (Å²) in [6.45, 7) is 0. The molecule has 2 nitrogen and oxygen atoms in total. The highest BCUT2D eigenvalue weighted by molar-refractivity contribution is 6.17. The Morgan fingerprint density at radius 3 is 0.967 bits per heavy atom. The summed E-state index contributed by atoms with van der Waals surface area (Å²) in [7, 11) is 0. The molecule has 0 heterocycles. The lowest BCUT2D eigenvalue weighted by molar-refractivity contribution is 1.29.